The number of hydrogen-bond donors (Lipinski definition) is 4. The first kappa shape index (κ1) is 108. The number of alkyl carbamates (subject to hydrolysis) is 2. The van der Waals surface area contributed by atoms with Crippen molar-refractivity contribution in [2.24, 2.45) is 5.73 Å². The van der Waals surface area contributed by atoms with Crippen molar-refractivity contribution in [3.8, 4) is 0 Å². The summed E-state index contributed by atoms with van der Waals surface area (Å²) in [4.78, 5) is 82.0. The maximum Gasteiger partial charge on any atom is 1.00 e. The number of ether oxygens (including phenoxy) is 6. The van der Waals surface area contributed by atoms with Crippen molar-refractivity contribution in [2.45, 2.75) is 132 Å². The molecule has 4 aliphatic heterocycles. The summed E-state index contributed by atoms with van der Waals surface area (Å²) in [5, 5.41) is 8.17. The SMILES string of the molecule is CC(C)(C)OC(=O)N1CCN(c2cc(F)c(Br)cc2F)CC1.CC(C)(C)OC(=O)N1CCN(c2cc(F)c(CCN)cc2F)CC1.CC(C)(C)OC(=O)N1CCN(c2cc(F)c(CCNC(=O)OCc3ccccc3)cc2F)CC1.CC(C)(C)OC(=O)N1CCNCC1.FB(F)F.Fc1cc(Br)c(F)cc1Br.[CH2-]CNC(=O)OCc1ccccc1.[K+]. The van der Waals surface area contributed by atoms with E-state index in [4.69, 9.17) is 34.2 Å². The Labute approximate surface area is 769 Å². The third kappa shape index (κ3) is 42.3. The van der Waals surface area contributed by atoms with E-state index in [1.165, 1.54) is 24.3 Å². The molecule has 4 aliphatic rings. The third-order valence-corrected chi connectivity index (χ3v) is 18.4. The molecule has 4 heterocycles. The second-order valence-electron chi connectivity index (χ2n) is 30.8. The van der Waals surface area contributed by atoms with Crippen molar-refractivity contribution in [3.05, 3.63) is 198 Å². The molecular formula is C82H107BBr3F11KN11O12. The van der Waals surface area contributed by atoms with Gasteiger partial charge < -0.3 is 91.3 Å². The van der Waals surface area contributed by atoms with Crippen LogP contribution in [-0.2, 0) is 54.5 Å². The van der Waals surface area contributed by atoms with E-state index in [9.17, 15) is 76.8 Å². The van der Waals surface area contributed by atoms with Gasteiger partial charge in [-0.25, -0.2) is 63.9 Å². The Morgan fingerprint density at radius 2 is 0.686 bits per heavy atom. The topological polar surface area (TPSA) is 243 Å². The average Bonchev–Trinajstić information content (AvgIpc) is 0.814. The molecule has 0 unspecified atom stereocenters. The van der Waals surface area contributed by atoms with Gasteiger partial charge in [0.1, 0.15) is 82.2 Å². The number of nitrogens with two attached hydrogens (primary N) is 1. The van der Waals surface area contributed by atoms with Gasteiger partial charge in [-0.05, 0) is 203 Å². The fourth-order valence-electron chi connectivity index (χ4n) is 10.9. The largest absolute Gasteiger partial charge is 1.00 e. The summed E-state index contributed by atoms with van der Waals surface area (Å²) in [6, 6.07) is 27.9. The number of amides is 6. The van der Waals surface area contributed by atoms with Crippen LogP contribution in [0.1, 0.15) is 105 Å². The van der Waals surface area contributed by atoms with E-state index in [1.54, 1.807) is 75.8 Å². The number of carbonyl (C=O) groups is 6. The minimum absolute atomic E-state index is 0. The Morgan fingerprint density at radius 3 is 0.992 bits per heavy atom. The Bertz CT molecular complexity index is 4170. The van der Waals surface area contributed by atoms with Crippen molar-refractivity contribution in [1.29, 1.82) is 0 Å². The van der Waals surface area contributed by atoms with Crippen LogP contribution < -0.4 is 87.8 Å². The summed E-state index contributed by atoms with van der Waals surface area (Å²) in [6.07, 6.45) is -2.01. The monoisotopic (exact) mass is 1930 g/mol. The predicted molar refractivity (Wildman–Crippen MR) is 449 cm³/mol. The molecule has 39 heteroatoms. The second-order valence-corrected chi connectivity index (χ2v) is 33.3. The minimum atomic E-state index is -3.67. The van der Waals surface area contributed by atoms with Crippen LogP contribution in [0, 0.1) is 53.5 Å². The minimum Gasteiger partial charge on any atom is -0.445 e. The number of benzene rings is 6. The molecule has 664 valence electrons. The maximum absolute atomic E-state index is 14.8. The Kier molecular flexibility index (Phi) is 47.3. The molecule has 0 spiro atoms. The molecule has 23 nitrogen and oxygen atoms in total. The van der Waals surface area contributed by atoms with Crippen LogP contribution in [0.4, 0.5) is 93.9 Å². The molecule has 0 bridgehead atoms. The number of nitrogens with one attached hydrogen (secondary N) is 3. The number of carbonyl (C=O) groups excluding carboxylic acids is 6. The smallest absolute Gasteiger partial charge is 0.445 e. The number of hydrogen-bond acceptors (Lipinski definition) is 17. The van der Waals surface area contributed by atoms with Gasteiger partial charge in [-0.2, -0.15) is 0 Å². The van der Waals surface area contributed by atoms with Crippen LogP contribution >= 0.6 is 47.8 Å². The third-order valence-electron chi connectivity index (χ3n) is 16.5. The zero-order valence-corrected chi connectivity index (χ0v) is 78.2. The number of anilines is 3. The number of halogens is 14. The van der Waals surface area contributed by atoms with Crippen molar-refractivity contribution in [3.63, 3.8) is 0 Å². The van der Waals surface area contributed by atoms with Gasteiger partial charge in [-0.15, -0.1) is 6.54 Å². The fourth-order valence-corrected chi connectivity index (χ4v) is 11.9. The average molecular weight is 1940 g/mol. The van der Waals surface area contributed by atoms with E-state index in [0.29, 0.717) is 98.1 Å². The molecule has 4 saturated heterocycles. The standard InChI is InChI=1S/C25H31F2N3O4.C17H25F2N3O2.C15H19BrF2N2O2.C10H12NO2.C9H18N2O2.C6H2Br2F2.BF3.K/c1-25(2,3)34-24(32)30-13-11-29(12-14-30)22-16-20(26)19(15-21(22)27)9-10-28-23(31)33-17-18-7-5-4-6-8-18;1-17(2,3)24-16(23)22-8-6-21(7-9-22)15-11-13(18)12(4-5-20)10-14(15)19;1-15(2,3)22-14(21)20-6-4-19(5-7-20)13-9-11(17)10(16)8-12(13)18;1-2-11-10(12)13-8-9-6-4-3-5-7-9;1-9(2,3)13-8(12)11-6-4-10-5-7-11;7-3-1-5(9)4(8)2-6(3)10;2-1(3)4;/h4-8,15-16H,9-14,17H2,1-3H3,(H,28,31);10-11H,4-9,20H2,1-3H3;8-9H,4-7H2,1-3H3;3-7H,1-2,8H2,(H,11,12);10H,4-7H2,1-3H3;1-2H;;/q;;;-1;;;;+1. The molecule has 0 radical (unpaired) electrons. The van der Waals surface area contributed by atoms with Gasteiger partial charge in [-0.3, -0.25) is 12.9 Å². The van der Waals surface area contributed by atoms with Gasteiger partial charge in [0.25, 0.3) is 0 Å². The second kappa shape index (κ2) is 53.1. The Balaban J connectivity index is 0.000000388. The molecule has 5 N–H and O–H groups in total. The van der Waals surface area contributed by atoms with E-state index in [0.717, 1.165) is 61.6 Å². The van der Waals surface area contributed by atoms with E-state index in [-0.39, 0.29) is 143 Å². The fraction of sp³-hybridized carbons (Fsp3) is 0.476. The van der Waals surface area contributed by atoms with Gasteiger partial charge in [0.15, 0.2) is 0 Å². The zero-order chi connectivity index (χ0) is 89.8. The normalized spacial score (nSPS) is 14.0. The number of nitrogens with zero attached hydrogens (tertiary/aromatic N) is 7. The van der Waals surface area contributed by atoms with Gasteiger partial charge in [0, 0.05) is 129 Å². The summed E-state index contributed by atoms with van der Waals surface area (Å²) in [5.41, 5.74) is 6.18. The maximum atomic E-state index is 14.8. The molecule has 6 aromatic rings. The van der Waals surface area contributed by atoms with Crippen LogP contribution in [-0.4, -0.2) is 210 Å². The summed E-state index contributed by atoms with van der Waals surface area (Å²) in [6.45, 7) is 34.5. The van der Waals surface area contributed by atoms with E-state index < -0.39 is 89.2 Å². The first-order valence-electron chi connectivity index (χ1n) is 38.2. The van der Waals surface area contributed by atoms with E-state index in [2.05, 4.69) is 70.7 Å². The molecule has 121 heavy (non-hydrogen) atoms. The molecule has 0 aromatic heterocycles. The van der Waals surface area contributed by atoms with Gasteiger partial charge >= 0.3 is 95.5 Å². The quantitative estimate of drug-likeness (QED) is 0.0276. The molecule has 4 fully saturated rings. The van der Waals surface area contributed by atoms with Crippen LogP contribution in [0.2, 0.25) is 0 Å². The summed E-state index contributed by atoms with van der Waals surface area (Å²) in [7, 11) is -3.67. The molecule has 0 aliphatic carbocycles. The Morgan fingerprint density at radius 1 is 0.413 bits per heavy atom. The van der Waals surface area contributed by atoms with Crippen molar-refractivity contribution < 1.29 is 157 Å². The van der Waals surface area contributed by atoms with Gasteiger partial charge in [-0.1, -0.05) is 60.7 Å². The molecular weight excluding hydrogens is 1830 g/mol. The molecule has 6 amide bonds. The van der Waals surface area contributed by atoms with Crippen molar-refractivity contribution in [2.75, 3.05) is 139 Å². The first-order chi connectivity index (χ1) is 56.2. The zero-order valence-electron chi connectivity index (χ0n) is 70.3. The number of piperazine rings is 4. The first-order valence-corrected chi connectivity index (χ1v) is 40.6. The summed E-state index contributed by atoms with van der Waals surface area (Å²) < 4.78 is 171. The molecule has 0 saturated carbocycles. The van der Waals surface area contributed by atoms with Crippen LogP contribution in [0.3, 0.4) is 0 Å². The van der Waals surface area contributed by atoms with Crippen LogP contribution in [0.5, 0.6) is 0 Å². The summed E-state index contributed by atoms with van der Waals surface area (Å²) >= 11 is 8.65. The van der Waals surface area contributed by atoms with Crippen LogP contribution in [0.15, 0.2) is 123 Å². The van der Waals surface area contributed by atoms with Crippen molar-refractivity contribution in [1.82, 2.24) is 35.6 Å². The molecule has 10 rings (SSSR count). The van der Waals surface area contributed by atoms with Crippen molar-refractivity contribution >= 4 is 109 Å². The number of rotatable bonds is 13. The summed E-state index contributed by atoms with van der Waals surface area (Å²) in [5.74, 6) is -3.97. The van der Waals surface area contributed by atoms with E-state index >= 15 is 0 Å². The van der Waals surface area contributed by atoms with Gasteiger partial charge in [0.05, 0.1) is 30.5 Å². The van der Waals surface area contributed by atoms with Gasteiger partial charge in [0.2, 0.25) is 0 Å². The van der Waals surface area contributed by atoms with Crippen LogP contribution in [0.25, 0.3) is 0 Å². The molecule has 6 aromatic carbocycles. The Hall–Kier alpha value is -7.37. The van der Waals surface area contributed by atoms with E-state index in [1.807, 2.05) is 102 Å². The predicted octanol–water partition coefficient (Wildman–Crippen LogP) is 14.7. The molecule has 0 atom stereocenters.